The number of amides is 2. The van der Waals surface area contributed by atoms with Crippen LogP contribution in [0.1, 0.15) is 17.3 Å². The van der Waals surface area contributed by atoms with Crippen LogP contribution in [0.25, 0.3) is 16.9 Å². The number of fused-ring (bicyclic) bond motifs is 1. The molecule has 1 aliphatic heterocycles. The number of pyridine rings is 1. The van der Waals surface area contributed by atoms with Crippen LogP contribution in [0.15, 0.2) is 66.7 Å². The second-order valence-corrected chi connectivity index (χ2v) is 8.93. The van der Waals surface area contributed by atoms with Crippen LogP contribution in [-0.4, -0.2) is 70.6 Å². The Hall–Kier alpha value is -4.28. The number of rotatable bonds is 8. The molecule has 4 aromatic rings. The van der Waals surface area contributed by atoms with E-state index in [1.165, 1.54) is 6.92 Å². The van der Waals surface area contributed by atoms with Crippen LogP contribution in [-0.2, 0) is 4.79 Å². The van der Waals surface area contributed by atoms with Gasteiger partial charge in [-0.05, 0) is 48.5 Å². The van der Waals surface area contributed by atoms with Crippen molar-refractivity contribution in [3.05, 3.63) is 72.3 Å². The zero-order valence-electron chi connectivity index (χ0n) is 20.7. The summed E-state index contributed by atoms with van der Waals surface area (Å²) in [5.74, 6) is 0.235. The van der Waals surface area contributed by atoms with Gasteiger partial charge in [0.25, 0.3) is 5.91 Å². The predicted molar refractivity (Wildman–Crippen MR) is 144 cm³/mol. The molecule has 2 aromatic heterocycles. The average Bonchev–Trinajstić information content (AvgIpc) is 3.32. The molecular weight excluding hydrogens is 468 g/mol. The topological polar surface area (TPSA) is 116 Å². The minimum atomic E-state index is -0.124. The summed E-state index contributed by atoms with van der Waals surface area (Å²) in [5, 5.41) is 17.0. The first-order valence-electron chi connectivity index (χ1n) is 12.4. The quantitative estimate of drug-likeness (QED) is 0.295. The smallest absolute Gasteiger partial charge is 0.251 e. The Morgan fingerprint density at radius 1 is 0.973 bits per heavy atom. The van der Waals surface area contributed by atoms with Crippen LogP contribution in [0.2, 0.25) is 0 Å². The summed E-state index contributed by atoms with van der Waals surface area (Å²) in [6.45, 7) is 6.98. The Labute approximate surface area is 215 Å². The molecule has 0 aliphatic carbocycles. The van der Waals surface area contributed by atoms with E-state index in [9.17, 15) is 9.59 Å². The molecule has 3 heterocycles. The molecule has 10 heteroatoms. The Morgan fingerprint density at radius 3 is 2.54 bits per heavy atom. The minimum absolute atomic E-state index is 0.0846. The SMILES string of the molecule is CC(=O)Nc1cccc(-c2cccc3nc(Nc4ccc(C(=O)NCCN5CCNCC5)cc4)nn23)c1. The van der Waals surface area contributed by atoms with Crippen molar-refractivity contribution in [3.8, 4) is 11.3 Å². The lowest BCUT2D eigenvalue weighted by atomic mass is 10.1. The molecule has 0 spiro atoms. The lowest BCUT2D eigenvalue weighted by Crippen LogP contribution is -2.46. The first-order valence-corrected chi connectivity index (χ1v) is 12.4. The molecule has 0 radical (unpaired) electrons. The van der Waals surface area contributed by atoms with Crippen molar-refractivity contribution < 1.29 is 9.59 Å². The molecule has 37 heavy (non-hydrogen) atoms. The van der Waals surface area contributed by atoms with Crippen molar-refractivity contribution in [1.82, 2.24) is 30.1 Å². The first-order chi connectivity index (χ1) is 18.0. The fourth-order valence-corrected chi connectivity index (χ4v) is 4.33. The number of aromatic nitrogens is 3. The summed E-state index contributed by atoms with van der Waals surface area (Å²) in [5.41, 5.74) is 4.54. The summed E-state index contributed by atoms with van der Waals surface area (Å²) in [4.78, 5) is 30.9. The van der Waals surface area contributed by atoms with Crippen molar-refractivity contribution in [2.45, 2.75) is 6.92 Å². The number of nitrogens with one attached hydrogen (secondary N) is 4. The van der Waals surface area contributed by atoms with E-state index >= 15 is 0 Å². The van der Waals surface area contributed by atoms with Crippen LogP contribution in [0.5, 0.6) is 0 Å². The molecule has 1 fully saturated rings. The largest absolute Gasteiger partial charge is 0.351 e. The molecule has 190 valence electrons. The highest BCUT2D eigenvalue weighted by Crippen LogP contribution is 2.24. The summed E-state index contributed by atoms with van der Waals surface area (Å²) < 4.78 is 1.76. The van der Waals surface area contributed by atoms with Gasteiger partial charge in [-0.25, -0.2) is 4.52 Å². The molecule has 10 nitrogen and oxygen atoms in total. The van der Waals surface area contributed by atoms with Gasteiger partial charge in [0.15, 0.2) is 5.65 Å². The molecule has 0 unspecified atom stereocenters. The van der Waals surface area contributed by atoms with E-state index in [1.54, 1.807) is 16.6 Å². The molecular formula is C27H30N8O2. The maximum Gasteiger partial charge on any atom is 0.251 e. The molecule has 1 saturated heterocycles. The van der Waals surface area contributed by atoms with E-state index in [0.29, 0.717) is 29.4 Å². The van der Waals surface area contributed by atoms with Crippen molar-refractivity contribution in [1.29, 1.82) is 0 Å². The van der Waals surface area contributed by atoms with E-state index in [2.05, 4.69) is 36.2 Å². The van der Waals surface area contributed by atoms with Crippen LogP contribution >= 0.6 is 0 Å². The predicted octanol–water partition coefficient (Wildman–Crippen LogP) is 2.73. The molecule has 0 bridgehead atoms. The van der Waals surface area contributed by atoms with Gasteiger partial charge >= 0.3 is 0 Å². The number of hydrogen-bond donors (Lipinski definition) is 4. The van der Waals surface area contributed by atoms with Crippen molar-refractivity contribution >= 4 is 34.8 Å². The van der Waals surface area contributed by atoms with Gasteiger partial charge in [-0.15, -0.1) is 5.10 Å². The maximum absolute atomic E-state index is 12.5. The fraction of sp³-hybridized carbons (Fsp3) is 0.259. The van der Waals surface area contributed by atoms with Crippen molar-refractivity contribution in [2.24, 2.45) is 0 Å². The van der Waals surface area contributed by atoms with Crippen molar-refractivity contribution in [2.75, 3.05) is 49.9 Å². The summed E-state index contributed by atoms with van der Waals surface area (Å²) in [7, 11) is 0. The number of nitrogens with zero attached hydrogens (tertiary/aromatic N) is 4. The Morgan fingerprint density at radius 2 is 1.76 bits per heavy atom. The standard InChI is InChI=1S/C27H30N8O2/c1-19(36)30-23-5-2-4-21(18-23)24-6-3-7-25-32-27(33-35(24)25)31-22-10-8-20(9-11-22)26(37)29-14-17-34-15-12-28-13-16-34/h2-11,18,28H,12-17H2,1H3,(H,29,37)(H,30,36)(H,31,33). The monoisotopic (exact) mass is 498 g/mol. The first kappa shape index (κ1) is 24.4. The van der Waals surface area contributed by atoms with E-state index in [0.717, 1.165) is 49.7 Å². The molecule has 2 amide bonds. The molecule has 1 aliphatic rings. The second-order valence-electron chi connectivity index (χ2n) is 8.93. The summed E-state index contributed by atoms with van der Waals surface area (Å²) in [6, 6.07) is 20.6. The minimum Gasteiger partial charge on any atom is -0.351 e. The maximum atomic E-state index is 12.5. The van der Waals surface area contributed by atoms with Gasteiger partial charge in [-0.3, -0.25) is 14.5 Å². The number of anilines is 3. The zero-order valence-corrected chi connectivity index (χ0v) is 20.7. The highest BCUT2D eigenvalue weighted by atomic mass is 16.2. The number of hydrogen-bond acceptors (Lipinski definition) is 7. The number of carbonyl (C=O) groups excluding carboxylic acids is 2. The zero-order chi connectivity index (χ0) is 25.6. The van der Waals surface area contributed by atoms with E-state index < -0.39 is 0 Å². The average molecular weight is 499 g/mol. The highest BCUT2D eigenvalue weighted by Gasteiger charge is 2.12. The van der Waals surface area contributed by atoms with Gasteiger partial charge in [0, 0.05) is 68.7 Å². The van der Waals surface area contributed by atoms with Gasteiger partial charge in [-0.2, -0.15) is 4.98 Å². The van der Waals surface area contributed by atoms with E-state index in [-0.39, 0.29) is 11.8 Å². The van der Waals surface area contributed by atoms with Gasteiger partial charge in [0.2, 0.25) is 11.9 Å². The molecule has 4 N–H and O–H groups in total. The third kappa shape index (κ3) is 6.11. The Balaban J connectivity index is 1.24. The van der Waals surface area contributed by atoms with Gasteiger partial charge in [-0.1, -0.05) is 18.2 Å². The van der Waals surface area contributed by atoms with Gasteiger partial charge in [0.1, 0.15) is 0 Å². The summed E-state index contributed by atoms with van der Waals surface area (Å²) >= 11 is 0. The normalized spacial score (nSPS) is 13.9. The lowest BCUT2D eigenvalue weighted by Gasteiger charge is -2.27. The van der Waals surface area contributed by atoms with Crippen molar-refractivity contribution in [3.63, 3.8) is 0 Å². The van der Waals surface area contributed by atoms with Crippen LogP contribution < -0.4 is 21.3 Å². The molecule has 0 atom stereocenters. The molecule has 5 rings (SSSR count). The van der Waals surface area contributed by atoms with Crippen LogP contribution in [0, 0.1) is 0 Å². The summed E-state index contributed by atoms with van der Waals surface area (Å²) in [6.07, 6.45) is 0. The highest BCUT2D eigenvalue weighted by molar-refractivity contribution is 5.94. The third-order valence-corrected chi connectivity index (χ3v) is 6.16. The number of carbonyl (C=O) groups is 2. The third-order valence-electron chi connectivity index (χ3n) is 6.16. The number of piperazine rings is 1. The lowest BCUT2D eigenvalue weighted by molar-refractivity contribution is -0.114. The van der Waals surface area contributed by atoms with Crippen LogP contribution in [0.4, 0.5) is 17.3 Å². The fourth-order valence-electron chi connectivity index (χ4n) is 4.33. The molecule has 2 aromatic carbocycles. The Kier molecular flexibility index (Phi) is 7.38. The second kappa shape index (κ2) is 11.2. The van der Waals surface area contributed by atoms with Gasteiger partial charge < -0.3 is 21.3 Å². The van der Waals surface area contributed by atoms with Crippen LogP contribution in [0.3, 0.4) is 0 Å². The van der Waals surface area contributed by atoms with E-state index in [1.807, 2.05) is 54.6 Å². The Bertz CT molecular complexity index is 1390. The van der Waals surface area contributed by atoms with Gasteiger partial charge in [0.05, 0.1) is 5.69 Å². The molecule has 0 saturated carbocycles. The van der Waals surface area contributed by atoms with E-state index in [4.69, 9.17) is 0 Å². The number of benzene rings is 2.